The van der Waals surface area contributed by atoms with Crippen molar-refractivity contribution in [1.82, 2.24) is 14.5 Å². The Hall–Kier alpha value is -4.11. The van der Waals surface area contributed by atoms with Crippen LogP contribution in [0.2, 0.25) is 0 Å². The van der Waals surface area contributed by atoms with Gasteiger partial charge in [0, 0.05) is 6.54 Å². The van der Waals surface area contributed by atoms with E-state index in [0.29, 0.717) is 11.3 Å². The van der Waals surface area contributed by atoms with Gasteiger partial charge in [-0.05, 0) is 35.4 Å². The van der Waals surface area contributed by atoms with Crippen molar-refractivity contribution in [3.63, 3.8) is 0 Å². The number of carbonyl (C=O) groups is 1. The number of benzene rings is 3. The molecule has 1 heterocycles. The van der Waals surface area contributed by atoms with Crippen LogP contribution < -0.4 is 0 Å². The normalized spacial score (nSPS) is 11.3. The van der Waals surface area contributed by atoms with E-state index in [1.807, 2.05) is 30.3 Å². The van der Waals surface area contributed by atoms with Crippen molar-refractivity contribution < 1.29 is 22.0 Å². The fourth-order valence-corrected chi connectivity index (χ4v) is 5.43. The summed E-state index contributed by atoms with van der Waals surface area (Å²) in [4.78, 5) is 18.8. The van der Waals surface area contributed by atoms with Crippen molar-refractivity contribution in [1.29, 1.82) is 0 Å². The van der Waals surface area contributed by atoms with E-state index < -0.39 is 27.4 Å². The number of hydrogen-bond donors (Lipinski definition) is 0. The molecule has 37 heavy (non-hydrogen) atoms. The molecule has 4 aromatic rings. The zero-order valence-electron chi connectivity index (χ0n) is 19.9. The highest BCUT2D eigenvalue weighted by molar-refractivity contribution is 7.90. The summed E-state index contributed by atoms with van der Waals surface area (Å²) < 4.78 is 56.0. The van der Waals surface area contributed by atoms with Crippen LogP contribution in [0.5, 0.6) is 0 Å². The number of sulfone groups is 1. The number of halogens is 2. The average Bonchev–Trinajstić information content (AvgIpc) is 3.28. The van der Waals surface area contributed by atoms with Gasteiger partial charge in [0.25, 0.3) is 5.91 Å². The van der Waals surface area contributed by atoms with E-state index in [4.69, 9.17) is 0 Å². The van der Waals surface area contributed by atoms with Crippen LogP contribution in [-0.4, -0.2) is 35.3 Å². The Morgan fingerprint density at radius 3 is 2.30 bits per heavy atom. The first-order valence-electron chi connectivity index (χ1n) is 11.5. The summed E-state index contributed by atoms with van der Waals surface area (Å²) in [6.45, 7) is 3.97. The van der Waals surface area contributed by atoms with Crippen molar-refractivity contribution in [3.05, 3.63) is 132 Å². The minimum Gasteiger partial charge on any atom is -0.329 e. The molecular formula is C28H25F2N3O3S. The largest absolute Gasteiger partial charge is 0.329 e. The molecule has 1 amide bonds. The van der Waals surface area contributed by atoms with Crippen LogP contribution in [0.25, 0.3) is 0 Å². The third kappa shape index (κ3) is 6.18. The van der Waals surface area contributed by atoms with Crippen LogP contribution >= 0.6 is 0 Å². The fraction of sp³-hybridized carbons (Fsp3) is 0.143. The standard InChI is InChI=1S/C28H25F2N3O3S/c1-2-16-32(27(34)25-10-6-7-11-26(25)30)19-24-17-31-28(33(24)18-21-8-4-3-5-9-21)37(35,36)20-22-12-14-23(29)15-13-22/h2-15,17H,1,16,18-20H2. The second-order valence-electron chi connectivity index (χ2n) is 8.44. The number of imidazole rings is 1. The first kappa shape index (κ1) is 26.0. The second kappa shape index (κ2) is 11.3. The van der Waals surface area contributed by atoms with E-state index in [9.17, 15) is 22.0 Å². The molecule has 1 aromatic heterocycles. The SMILES string of the molecule is C=CCN(Cc1cnc(S(=O)(=O)Cc2ccc(F)cc2)n1Cc1ccccc1)C(=O)c1ccccc1F. The molecule has 0 fully saturated rings. The topological polar surface area (TPSA) is 72.3 Å². The van der Waals surface area contributed by atoms with E-state index in [1.54, 1.807) is 10.6 Å². The molecule has 4 rings (SSSR count). The number of nitrogens with zero attached hydrogens (tertiary/aromatic N) is 3. The first-order chi connectivity index (χ1) is 17.8. The third-order valence-electron chi connectivity index (χ3n) is 5.73. The van der Waals surface area contributed by atoms with Crippen molar-refractivity contribution in [2.75, 3.05) is 6.54 Å². The Bertz CT molecular complexity index is 1500. The summed E-state index contributed by atoms with van der Waals surface area (Å²) in [5, 5.41) is -0.174. The van der Waals surface area contributed by atoms with E-state index >= 15 is 0 Å². The molecule has 0 aliphatic rings. The average molecular weight is 522 g/mol. The Morgan fingerprint density at radius 2 is 1.62 bits per heavy atom. The van der Waals surface area contributed by atoms with Crippen molar-refractivity contribution >= 4 is 15.7 Å². The molecular weight excluding hydrogens is 496 g/mol. The van der Waals surface area contributed by atoms with Gasteiger partial charge in [-0.2, -0.15) is 0 Å². The van der Waals surface area contributed by atoms with Gasteiger partial charge in [0.15, 0.2) is 0 Å². The monoisotopic (exact) mass is 521 g/mol. The molecule has 0 aliphatic carbocycles. The van der Waals surface area contributed by atoms with Gasteiger partial charge >= 0.3 is 0 Å². The van der Waals surface area contributed by atoms with Gasteiger partial charge < -0.3 is 9.47 Å². The van der Waals surface area contributed by atoms with Crippen LogP contribution in [0.1, 0.15) is 27.2 Å². The van der Waals surface area contributed by atoms with Crippen LogP contribution in [-0.2, 0) is 28.7 Å². The van der Waals surface area contributed by atoms with Gasteiger partial charge in [-0.3, -0.25) is 4.79 Å². The van der Waals surface area contributed by atoms with Crippen LogP contribution in [0.15, 0.2) is 103 Å². The Labute approximate surface area is 214 Å². The highest BCUT2D eigenvalue weighted by atomic mass is 32.2. The van der Waals surface area contributed by atoms with Crippen LogP contribution in [0.4, 0.5) is 8.78 Å². The predicted molar refractivity (Wildman–Crippen MR) is 136 cm³/mol. The molecule has 6 nitrogen and oxygen atoms in total. The molecule has 3 aromatic carbocycles. The molecule has 190 valence electrons. The smallest absolute Gasteiger partial charge is 0.257 e. The van der Waals surface area contributed by atoms with Gasteiger partial charge in [0.2, 0.25) is 15.0 Å². The van der Waals surface area contributed by atoms with Gasteiger partial charge in [0.05, 0.1) is 36.3 Å². The van der Waals surface area contributed by atoms with Crippen molar-refractivity contribution in [2.45, 2.75) is 24.0 Å². The van der Waals surface area contributed by atoms with Crippen molar-refractivity contribution in [2.24, 2.45) is 0 Å². The summed E-state index contributed by atoms with van der Waals surface area (Å²) in [6.07, 6.45) is 2.92. The zero-order chi connectivity index (χ0) is 26.4. The number of aromatic nitrogens is 2. The van der Waals surface area contributed by atoms with Gasteiger partial charge in [-0.1, -0.05) is 60.7 Å². The lowest BCUT2D eigenvalue weighted by atomic mass is 10.1. The minimum atomic E-state index is -3.94. The molecule has 0 N–H and O–H groups in total. The van der Waals surface area contributed by atoms with Crippen LogP contribution in [0.3, 0.4) is 0 Å². The summed E-state index contributed by atoms with van der Waals surface area (Å²) in [7, 11) is -3.94. The molecule has 0 radical (unpaired) electrons. The second-order valence-corrected chi connectivity index (χ2v) is 10.3. The molecule has 0 spiro atoms. The summed E-state index contributed by atoms with van der Waals surface area (Å²) in [6, 6.07) is 20.1. The van der Waals surface area contributed by atoms with E-state index in [1.165, 1.54) is 59.6 Å². The number of carbonyl (C=O) groups excluding carboxylic acids is 1. The number of rotatable bonds is 10. The maximum absolute atomic E-state index is 14.3. The van der Waals surface area contributed by atoms with Gasteiger partial charge in [-0.15, -0.1) is 6.58 Å². The third-order valence-corrected chi connectivity index (χ3v) is 7.32. The lowest BCUT2D eigenvalue weighted by Crippen LogP contribution is -2.32. The molecule has 0 unspecified atom stereocenters. The Kier molecular flexibility index (Phi) is 7.93. The zero-order valence-corrected chi connectivity index (χ0v) is 20.7. The molecule has 0 bridgehead atoms. The minimum absolute atomic E-state index is 0.0227. The summed E-state index contributed by atoms with van der Waals surface area (Å²) in [5.41, 5.74) is 1.60. The maximum atomic E-state index is 14.3. The number of hydrogen-bond acceptors (Lipinski definition) is 4. The lowest BCUT2D eigenvalue weighted by Gasteiger charge is -2.22. The highest BCUT2D eigenvalue weighted by Gasteiger charge is 2.26. The van der Waals surface area contributed by atoms with E-state index in [-0.39, 0.29) is 36.1 Å². The quantitative estimate of drug-likeness (QED) is 0.275. The van der Waals surface area contributed by atoms with Gasteiger partial charge in [-0.25, -0.2) is 22.2 Å². The number of amides is 1. The molecule has 0 saturated carbocycles. The fourth-order valence-electron chi connectivity index (χ4n) is 3.94. The van der Waals surface area contributed by atoms with Gasteiger partial charge in [0.1, 0.15) is 11.6 Å². The Balaban J connectivity index is 1.72. The summed E-state index contributed by atoms with van der Waals surface area (Å²) in [5.74, 6) is -2.04. The highest BCUT2D eigenvalue weighted by Crippen LogP contribution is 2.22. The maximum Gasteiger partial charge on any atom is 0.257 e. The lowest BCUT2D eigenvalue weighted by molar-refractivity contribution is 0.0754. The molecule has 0 atom stereocenters. The van der Waals surface area contributed by atoms with Crippen molar-refractivity contribution in [3.8, 4) is 0 Å². The molecule has 0 saturated heterocycles. The van der Waals surface area contributed by atoms with E-state index in [2.05, 4.69) is 11.6 Å². The first-order valence-corrected chi connectivity index (χ1v) is 13.1. The van der Waals surface area contributed by atoms with E-state index in [0.717, 1.165) is 5.56 Å². The summed E-state index contributed by atoms with van der Waals surface area (Å²) >= 11 is 0. The predicted octanol–water partition coefficient (Wildman–Crippen LogP) is 5.01. The van der Waals surface area contributed by atoms with Crippen LogP contribution in [0, 0.1) is 11.6 Å². The Morgan fingerprint density at radius 1 is 0.946 bits per heavy atom. The molecule has 9 heteroatoms. The molecule has 0 aliphatic heterocycles.